The number of hydrogen-bond donors (Lipinski definition) is 2. The Balaban J connectivity index is 1.27. The topological polar surface area (TPSA) is 87.5 Å². The van der Waals surface area contributed by atoms with E-state index in [1.807, 2.05) is 42.2 Å². The molecule has 1 saturated heterocycles. The number of likely N-dealkylation sites (N-methyl/N-ethyl adjacent to an activating group) is 1. The number of fused-ring (bicyclic) bond motifs is 5. The summed E-state index contributed by atoms with van der Waals surface area (Å²) in [5.41, 5.74) is 7.71. The number of morpholine rings is 1. The molecule has 9 nitrogen and oxygen atoms in total. The Morgan fingerprint density at radius 2 is 2.03 bits per heavy atom. The lowest BCUT2D eigenvalue weighted by atomic mass is 9.94. The SMILES string of the molecule is CN1Cc2nc(Nc3ccc(-c4ccnc5c4ccn5C)c4c3C(=O)NC4)ccc2N2CCOCC2C1. The molecule has 9 heteroatoms. The number of hydrogen-bond acceptors (Lipinski definition) is 7. The van der Waals surface area contributed by atoms with Crippen LogP contribution >= 0.6 is 0 Å². The van der Waals surface area contributed by atoms with Gasteiger partial charge in [0, 0.05) is 51.0 Å². The first kappa shape index (κ1) is 22.3. The minimum atomic E-state index is -0.0663. The fourth-order valence-electron chi connectivity index (χ4n) is 5.99. The zero-order valence-electron chi connectivity index (χ0n) is 21.0. The lowest BCUT2D eigenvalue weighted by Crippen LogP contribution is -2.49. The molecule has 1 aromatic carbocycles. The molecule has 1 atom stereocenters. The van der Waals surface area contributed by atoms with Crippen LogP contribution in [0.25, 0.3) is 22.2 Å². The predicted octanol–water partition coefficient (Wildman–Crippen LogP) is 3.27. The zero-order chi connectivity index (χ0) is 25.1. The molecule has 4 aromatic rings. The van der Waals surface area contributed by atoms with Gasteiger partial charge in [0.2, 0.25) is 0 Å². The van der Waals surface area contributed by atoms with Gasteiger partial charge in [-0.3, -0.25) is 9.69 Å². The molecule has 1 amide bonds. The Morgan fingerprint density at radius 1 is 1.11 bits per heavy atom. The summed E-state index contributed by atoms with van der Waals surface area (Å²) in [5.74, 6) is 0.672. The molecule has 3 aromatic heterocycles. The highest BCUT2D eigenvalue weighted by Crippen LogP contribution is 2.38. The van der Waals surface area contributed by atoms with Crippen molar-refractivity contribution in [2.24, 2.45) is 7.05 Å². The predicted molar refractivity (Wildman–Crippen MR) is 143 cm³/mol. The van der Waals surface area contributed by atoms with Gasteiger partial charge in [0.1, 0.15) is 11.5 Å². The molecular weight excluding hydrogens is 466 g/mol. The molecule has 37 heavy (non-hydrogen) atoms. The second kappa shape index (κ2) is 8.57. The van der Waals surface area contributed by atoms with Gasteiger partial charge in [-0.05, 0) is 54.1 Å². The summed E-state index contributed by atoms with van der Waals surface area (Å²) >= 11 is 0. The Kier molecular flexibility index (Phi) is 5.16. The van der Waals surface area contributed by atoms with Crippen molar-refractivity contribution >= 4 is 34.1 Å². The van der Waals surface area contributed by atoms with E-state index in [0.29, 0.717) is 18.2 Å². The third kappa shape index (κ3) is 3.65. The summed E-state index contributed by atoms with van der Waals surface area (Å²) in [6.45, 7) is 4.56. The van der Waals surface area contributed by atoms with Crippen LogP contribution in [-0.4, -0.2) is 64.7 Å². The van der Waals surface area contributed by atoms with Crippen LogP contribution in [0.4, 0.5) is 17.2 Å². The van der Waals surface area contributed by atoms with E-state index < -0.39 is 0 Å². The van der Waals surface area contributed by atoms with E-state index in [1.54, 1.807) is 0 Å². The number of nitrogens with one attached hydrogen (secondary N) is 2. The first-order chi connectivity index (χ1) is 18.1. The molecule has 1 unspecified atom stereocenters. The van der Waals surface area contributed by atoms with Crippen LogP contribution in [-0.2, 0) is 24.9 Å². The minimum absolute atomic E-state index is 0.0663. The molecule has 0 saturated carbocycles. The van der Waals surface area contributed by atoms with Crippen molar-refractivity contribution in [2.45, 2.75) is 19.1 Å². The highest BCUT2D eigenvalue weighted by molar-refractivity contribution is 6.07. The number of rotatable bonds is 3. The lowest BCUT2D eigenvalue weighted by Gasteiger charge is -2.37. The van der Waals surface area contributed by atoms with Crippen LogP contribution in [0.2, 0.25) is 0 Å². The van der Waals surface area contributed by atoms with Crippen LogP contribution in [0.5, 0.6) is 0 Å². The molecular formula is C28H29N7O2. The molecule has 7 rings (SSSR count). The lowest BCUT2D eigenvalue weighted by molar-refractivity contribution is 0.0844. The van der Waals surface area contributed by atoms with Gasteiger partial charge in [-0.2, -0.15) is 0 Å². The molecule has 0 spiro atoms. The van der Waals surface area contributed by atoms with E-state index >= 15 is 0 Å². The van der Waals surface area contributed by atoms with Crippen molar-refractivity contribution < 1.29 is 9.53 Å². The average Bonchev–Trinajstić information content (AvgIpc) is 3.44. The van der Waals surface area contributed by atoms with Crippen molar-refractivity contribution in [1.29, 1.82) is 0 Å². The van der Waals surface area contributed by atoms with Gasteiger partial charge in [-0.15, -0.1) is 0 Å². The summed E-state index contributed by atoms with van der Waals surface area (Å²) < 4.78 is 7.75. The van der Waals surface area contributed by atoms with Gasteiger partial charge in [0.15, 0.2) is 0 Å². The highest BCUT2D eigenvalue weighted by Gasteiger charge is 2.31. The molecule has 0 bridgehead atoms. The molecule has 3 aliphatic rings. The van der Waals surface area contributed by atoms with Crippen LogP contribution < -0.4 is 15.5 Å². The number of ether oxygens (including phenoxy) is 1. The van der Waals surface area contributed by atoms with Gasteiger partial charge < -0.3 is 24.8 Å². The van der Waals surface area contributed by atoms with Crippen molar-refractivity contribution in [1.82, 2.24) is 24.8 Å². The molecule has 0 radical (unpaired) electrons. The average molecular weight is 496 g/mol. The van der Waals surface area contributed by atoms with E-state index in [1.165, 1.54) is 5.69 Å². The third-order valence-electron chi connectivity index (χ3n) is 7.72. The fraction of sp³-hybridized carbons (Fsp3) is 0.321. The first-order valence-electron chi connectivity index (χ1n) is 12.7. The summed E-state index contributed by atoms with van der Waals surface area (Å²) in [4.78, 5) is 27.3. The number of aryl methyl sites for hydroxylation is 1. The molecule has 2 N–H and O–H groups in total. The number of benzene rings is 1. The summed E-state index contributed by atoms with van der Waals surface area (Å²) in [6.07, 6.45) is 3.84. The number of carbonyl (C=O) groups excluding carboxylic acids is 1. The van der Waals surface area contributed by atoms with Crippen LogP contribution in [0.15, 0.2) is 48.8 Å². The largest absolute Gasteiger partial charge is 0.377 e. The van der Waals surface area contributed by atoms with Gasteiger partial charge in [0.25, 0.3) is 5.91 Å². The Labute approximate surface area is 215 Å². The normalized spacial score (nSPS) is 19.2. The molecule has 0 aliphatic carbocycles. The van der Waals surface area contributed by atoms with Crippen LogP contribution in [0, 0.1) is 0 Å². The van der Waals surface area contributed by atoms with E-state index in [-0.39, 0.29) is 5.91 Å². The number of nitrogens with zero attached hydrogens (tertiary/aromatic N) is 5. The number of anilines is 3. The summed E-state index contributed by atoms with van der Waals surface area (Å²) in [7, 11) is 4.12. The minimum Gasteiger partial charge on any atom is -0.377 e. The van der Waals surface area contributed by atoms with Gasteiger partial charge in [-0.1, -0.05) is 6.07 Å². The van der Waals surface area contributed by atoms with Crippen molar-refractivity contribution in [3.8, 4) is 11.1 Å². The Bertz CT molecular complexity index is 1550. The number of aromatic nitrogens is 3. The molecule has 6 heterocycles. The maximum atomic E-state index is 13.0. The Morgan fingerprint density at radius 3 is 2.95 bits per heavy atom. The van der Waals surface area contributed by atoms with Crippen molar-refractivity contribution in [3.05, 3.63) is 65.6 Å². The van der Waals surface area contributed by atoms with Gasteiger partial charge >= 0.3 is 0 Å². The smallest absolute Gasteiger partial charge is 0.254 e. The highest BCUT2D eigenvalue weighted by atomic mass is 16.5. The summed E-state index contributed by atoms with van der Waals surface area (Å²) in [6, 6.07) is 12.7. The van der Waals surface area contributed by atoms with E-state index in [0.717, 1.165) is 77.8 Å². The van der Waals surface area contributed by atoms with Gasteiger partial charge in [0.05, 0.1) is 41.9 Å². The zero-order valence-corrected chi connectivity index (χ0v) is 21.0. The quantitative estimate of drug-likeness (QED) is 0.451. The van der Waals surface area contributed by atoms with Crippen LogP contribution in [0.3, 0.4) is 0 Å². The van der Waals surface area contributed by atoms with Crippen molar-refractivity contribution in [2.75, 3.05) is 43.6 Å². The molecule has 3 aliphatic heterocycles. The maximum absolute atomic E-state index is 13.0. The monoisotopic (exact) mass is 495 g/mol. The summed E-state index contributed by atoms with van der Waals surface area (Å²) in [5, 5.41) is 7.56. The van der Waals surface area contributed by atoms with E-state index in [2.05, 4.69) is 50.7 Å². The number of amides is 1. The van der Waals surface area contributed by atoms with E-state index in [9.17, 15) is 4.79 Å². The van der Waals surface area contributed by atoms with Crippen molar-refractivity contribution in [3.63, 3.8) is 0 Å². The fourth-order valence-corrected chi connectivity index (χ4v) is 5.99. The molecule has 188 valence electrons. The third-order valence-corrected chi connectivity index (χ3v) is 7.72. The maximum Gasteiger partial charge on any atom is 0.254 e. The van der Waals surface area contributed by atoms with E-state index in [4.69, 9.17) is 9.72 Å². The number of carbonyl (C=O) groups is 1. The number of pyridine rings is 2. The standard InChI is InChI=1S/C28H29N7O2/c1-33-14-17-16-37-12-11-35(17)24-5-6-25(32-23(24)15-33)31-22-4-3-18(21-13-30-28(36)26(21)22)19-7-9-29-27-20(19)8-10-34(27)2/h3-10,17H,11-16H2,1-2H3,(H,30,36)(H,31,32). The van der Waals surface area contributed by atoms with Crippen LogP contribution in [0.1, 0.15) is 21.6 Å². The first-order valence-corrected chi connectivity index (χ1v) is 12.7. The molecule has 1 fully saturated rings. The Hall–Kier alpha value is -3.95. The second-order valence-corrected chi connectivity index (χ2v) is 10.1. The second-order valence-electron chi connectivity index (χ2n) is 10.1. The van der Waals surface area contributed by atoms with Gasteiger partial charge in [-0.25, -0.2) is 9.97 Å².